The second kappa shape index (κ2) is 28.9. The van der Waals surface area contributed by atoms with Crippen LogP contribution in [0.5, 0.6) is 0 Å². The minimum Gasteiger partial charge on any atom is -0.370 e. The summed E-state index contributed by atoms with van der Waals surface area (Å²) in [6.45, 7) is 1.58. The molecule has 0 bridgehead atoms. The van der Waals surface area contributed by atoms with Crippen LogP contribution in [0.1, 0.15) is 101 Å². The monoisotopic (exact) mass is 1050 g/mol. The van der Waals surface area contributed by atoms with Gasteiger partial charge < -0.3 is 65.1 Å². The number of nitriles is 1. The highest BCUT2D eigenvalue weighted by molar-refractivity contribution is 5.98. The van der Waals surface area contributed by atoms with Crippen molar-refractivity contribution in [3.63, 3.8) is 0 Å². The summed E-state index contributed by atoms with van der Waals surface area (Å²) in [7, 11) is 0. The summed E-state index contributed by atoms with van der Waals surface area (Å²) in [5.41, 5.74) is 30.4. The van der Waals surface area contributed by atoms with E-state index in [1.807, 2.05) is 24.3 Å². The van der Waals surface area contributed by atoms with E-state index < -0.39 is 101 Å². The number of nitrogens with two attached hydrogens (primary N) is 5. The number of hydrogen-bond donors (Lipinski definition) is 11. The van der Waals surface area contributed by atoms with Crippen molar-refractivity contribution in [1.82, 2.24) is 36.5 Å². The second-order valence-corrected chi connectivity index (χ2v) is 19.3. The van der Waals surface area contributed by atoms with Crippen molar-refractivity contribution in [1.29, 1.82) is 5.26 Å². The van der Waals surface area contributed by atoms with E-state index in [4.69, 9.17) is 28.7 Å². The van der Waals surface area contributed by atoms with Gasteiger partial charge in [-0.1, -0.05) is 30.3 Å². The maximum absolute atomic E-state index is 14.8. The molecule has 7 atom stereocenters. The van der Waals surface area contributed by atoms with Gasteiger partial charge in [-0.15, -0.1) is 0 Å². The van der Waals surface area contributed by atoms with Gasteiger partial charge in [-0.05, 0) is 100.0 Å². The molecule has 0 aliphatic carbocycles. The number of guanidine groups is 2. The molecule has 16 N–H and O–H groups in total. The molecular formula is C52H71N15O9. The smallest absolute Gasteiger partial charge is 0.245 e. The maximum atomic E-state index is 14.8. The van der Waals surface area contributed by atoms with Gasteiger partial charge in [-0.25, -0.2) is 0 Å². The molecule has 76 heavy (non-hydrogen) atoms. The first-order chi connectivity index (χ1) is 36.3. The highest BCUT2D eigenvalue weighted by Gasteiger charge is 2.40. The molecule has 2 aromatic carbocycles. The number of ketones is 2. The van der Waals surface area contributed by atoms with Crippen molar-refractivity contribution in [2.24, 2.45) is 50.5 Å². The molecule has 3 aromatic rings. The average Bonchev–Trinajstić information content (AvgIpc) is 4.05. The number of nitrogens with zero attached hydrogens (tertiary/aromatic N) is 4. The molecule has 7 amide bonds. The Bertz CT molecular complexity index is 2670. The number of amides is 7. The van der Waals surface area contributed by atoms with Crippen LogP contribution in [0.2, 0.25) is 0 Å². The number of aromatic amines is 1. The number of aromatic nitrogens is 1. The number of H-pyrrole nitrogens is 1. The molecule has 24 nitrogen and oxygen atoms in total. The lowest BCUT2D eigenvalue weighted by Crippen LogP contribution is -2.57. The fourth-order valence-corrected chi connectivity index (χ4v) is 9.53. The van der Waals surface area contributed by atoms with Crippen LogP contribution in [-0.4, -0.2) is 131 Å². The number of aliphatic imine (C=N–C) groups is 2. The van der Waals surface area contributed by atoms with Gasteiger partial charge in [-0.3, -0.25) is 53.1 Å². The molecule has 408 valence electrons. The molecule has 2 aliphatic rings. The molecule has 0 unspecified atom stereocenters. The van der Waals surface area contributed by atoms with Crippen LogP contribution in [0.3, 0.4) is 0 Å². The van der Waals surface area contributed by atoms with E-state index in [0.717, 1.165) is 16.5 Å². The Morgan fingerprint density at radius 1 is 0.816 bits per heavy atom. The molecule has 2 fully saturated rings. The van der Waals surface area contributed by atoms with Crippen molar-refractivity contribution in [2.45, 2.75) is 127 Å². The predicted molar refractivity (Wildman–Crippen MR) is 282 cm³/mol. The van der Waals surface area contributed by atoms with Crippen LogP contribution < -0.4 is 55.3 Å². The summed E-state index contributed by atoms with van der Waals surface area (Å²) in [6, 6.07) is 9.72. The first-order valence-corrected chi connectivity index (χ1v) is 25.6. The third kappa shape index (κ3) is 17.9. The maximum Gasteiger partial charge on any atom is 0.245 e. The minimum atomic E-state index is -1.38. The Hall–Kier alpha value is -8.36. The van der Waals surface area contributed by atoms with E-state index >= 15 is 0 Å². The number of hydrogen-bond acceptors (Lipinski definition) is 12. The number of fused-ring (bicyclic) bond motifs is 2. The van der Waals surface area contributed by atoms with E-state index in [1.54, 1.807) is 30.5 Å². The molecule has 1 aromatic heterocycles. The molecule has 24 heteroatoms. The number of para-hydroxylation sites is 1. The first-order valence-electron chi connectivity index (χ1n) is 25.6. The summed E-state index contributed by atoms with van der Waals surface area (Å²) in [5, 5.41) is 23.9. The fraction of sp³-hybridized carbons (Fsp3) is 0.500. The molecule has 5 rings (SSSR count). The van der Waals surface area contributed by atoms with Crippen LogP contribution in [0.4, 0.5) is 0 Å². The highest BCUT2D eigenvalue weighted by Crippen LogP contribution is 2.27. The number of Topliss-reactive ketones (excluding diaryl/α,β-unsaturated/α-hetero) is 2. The van der Waals surface area contributed by atoms with E-state index in [2.05, 4.69) is 47.6 Å². The van der Waals surface area contributed by atoms with Gasteiger partial charge >= 0.3 is 0 Å². The summed E-state index contributed by atoms with van der Waals surface area (Å²) < 4.78 is 0. The van der Waals surface area contributed by atoms with Crippen LogP contribution in [0.25, 0.3) is 10.9 Å². The zero-order valence-corrected chi connectivity index (χ0v) is 42.8. The van der Waals surface area contributed by atoms with Gasteiger partial charge in [0.05, 0.1) is 17.7 Å². The van der Waals surface area contributed by atoms with Gasteiger partial charge in [-0.2, -0.15) is 5.26 Å². The van der Waals surface area contributed by atoms with E-state index in [1.165, 1.54) is 11.8 Å². The number of nitrogens with one attached hydrogen (secondary N) is 6. The Balaban J connectivity index is 1.53. The van der Waals surface area contributed by atoms with Crippen LogP contribution in [-0.2, 0) is 56.0 Å². The van der Waals surface area contributed by atoms with E-state index in [9.17, 15) is 48.4 Å². The Morgan fingerprint density at radius 3 is 2.20 bits per heavy atom. The van der Waals surface area contributed by atoms with Gasteiger partial charge in [0.25, 0.3) is 0 Å². The van der Waals surface area contributed by atoms with Crippen LogP contribution >= 0.6 is 0 Å². The summed E-state index contributed by atoms with van der Waals surface area (Å²) in [4.78, 5) is 138. The molecule has 0 saturated carbocycles. The number of primary amides is 1. The number of carbonyl (C=O) groups is 9. The molecule has 0 spiro atoms. The van der Waals surface area contributed by atoms with Gasteiger partial charge in [0.15, 0.2) is 17.7 Å². The zero-order chi connectivity index (χ0) is 55.3. The lowest BCUT2D eigenvalue weighted by atomic mass is 9.83. The second-order valence-electron chi connectivity index (χ2n) is 19.3. The third-order valence-electron chi connectivity index (χ3n) is 13.5. The SMILES string of the molecule is CC(=O)N[C@@H](CCCN=C(N)N)C(=O)N[C@H]1CCC(=O)NCCC[C@@H](C(N)=O)NC(=O)[C@H](Cc2c[nH]c3ccccc23)CC(=O)[C@H](CCCN=C(N)N)CC(=O)[C@@H](Cc2ccc(C#N)cc2)NC(=O)[C@@H]2CCCN2C1=O. The number of rotatable bonds is 16. The lowest BCUT2D eigenvalue weighted by molar-refractivity contribution is -0.142. The molecule has 2 aliphatic heterocycles. The van der Waals surface area contributed by atoms with Gasteiger partial charge in [0, 0.05) is 81.3 Å². The van der Waals surface area contributed by atoms with E-state index in [0.29, 0.717) is 17.5 Å². The van der Waals surface area contributed by atoms with Crippen molar-refractivity contribution < 1.29 is 43.2 Å². The molecule has 2 saturated heterocycles. The standard InChI is InChI=1S/C52H71N15O9/c1-30(68)63-39(12-6-22-61-52(57)58)48(74)65-40-18-19-45(71)59-20-5-11-38(46(54)72)64-47(73)34(25-35-29-62-37-10-3-2-9-36(35)37)27-43(69)33(8-4-21-60-51(55)56)26-44(70)41(24-31-14-16-32(28-53)17-15-31)66-49(75)42-13-7-23-67(42)50(40)76/h2-3,9-10,14-17,29,33-34,38-42,62H,4-8,11-13,18-27H2,1H3,(H2,54,72)(H,59,71)(H,63,68)(H,64,73)(H,65,74)(H,66,75)(H4,55,56,60)(H4,57,58,61)/t33-,34-,38+,39+,40+,41-,42+/m1/s1. The Morgan fingerprint density at radius 2 is 1.51 bits per heavy atom. The quantitative estimate of drug-likeness (QED) is 0.0476. The van der Waals surface area contributed by atoms with E-state index in [-0.39, 0.29) is 115 Å². The fourth-order valence-electron chi connectivity index (χ4n) is 9.53. The molecule has 0 radical (unpaired) electrons. The van der Waals surface area contributed by atoms with Crippen molar-refractivity contribution in [3.05, 3.63) is 71.4 Å². The molecular weight excluding hydrogens is 979 g/mol. The van der Waals surface area contributed by atoms with Crippen molar-refractivity contribution in [2.75, 3.05) is 26.2 Å². The number of carbonyl (C=O) groups excluding carboxylic acids is 9. The summed E-state index contributed by atoms with van der Waals surface area (Å²) in [6.07, 6.45) is 1.86. The minimum absolute atomic E-state index is 0.0000816. The molecule has 3 heterocycles. The Labute approximate surface area is 440 Å². The van der Waals surface area contributed by atoms with Gasteiger partial charge in [0.2, 0.25) is 41.4 Å². The zero-order valence-electron chi connectivity index (χ0n) is 42.8. The van der Waals surface area contributed by atoms with Crippen molar-refractivity contribution >= 4 is 75.7 Å². The Kier molecular flexibility index (Phi) is 22.3. The third-order valence-corrected chi connectivity index (χ3v) is 13.5. The number of benzene rings is 2. The lowest BCUT2D eigenvalue weighted by Gasteiger charge is -2.31. The average molecular weight is 1050 g/mol. The summed E-state index contributed by atoms with van der Waals surface area (Å²) >= 11 is 0. The first kappa shape index (κ1) is 58.5. The highest BCUT2D eigenvalue weighted by atomic mass is 16.2. The van der Waals surface area contributed by atoms with Crippen molar-refractivity contribution in [3.8, 4) is 6.07 Å². The largest absolute Gasteiger partial charge is 0.370 e. The topological polar surface area (TPSA) is 411 Å². The predicted octanol–water partition coefficient (Wildman–Crippen LogP) is -0.792. The van der Waals surface area contributed by atoms with Crippen LogP contribution in [0, 0.1) is 23.2 Å². The van der Waals surface area contributed by atoms with Crippen LogP contribution in [0.15, 0.2) is 64.7 Å². The van der Waals surface area contributed by atoms with Gasteiger partial charge in [0.1, 0.15) is 30.0 Å². The summed E-state index contributed by atoms with van der Waals surface area (Å²) in [5.74, 6) is -8.08. The normalized spacial score (nSPS) is 21.9.